The molecule has 150 valence electrons. The summed E-state index contributed by atoms with van der Waals surface area (Å²) in [6, 6.07) is 11.4. The monoisotopic (exact) mass is 392 g/mol. The predicted octanol–water partition coefficient (Wildman–Crippen LogP) is 4.84. The van der Waals surface area contributed by atoms with Gasteiger partial charge in [0.05, 0.1) is 5.56 Å². The van der Waals surface area contributed by atoms with Crippen LogP contribution in [0.1, 0.15) is 46.8 Å². The number of ether oxygens (including phenoxy) is 3. The third-order valence-corrected chi connectivity index (χ3v) is 4.65. The summed E-state index contributed by atoms with van der Waals surface area (Å²) >= 11 is 0. The van der Waals surface area contributed by atoms with E-state index in [0.717, 1.165) is 5.56 Å². The van der Waals surface area contributed by atoms with Crippen LogP contribution in [0.4, 0.5) is 0 Å². The average molecular weight is 392 g/mol. The van der Waals surface area contributed by atoms with Gasteiger partial charge in [0.25, 0.3) is 0 Å². The lowest BCUT2D eigenvalue weighted by atomic mass is 10.0. The first-order valence-corrected chi connectivity index (χ1v) is 9.47. The van der Waals surface area contributed by atoms with Gasteiger partial charge >= 0.3 is 5.97 Å². The first-order chi connectivity index (χ1) is 13.9. The van der Waals surface area contributed by atoms with Crippen LogP contribution in [0, 0.1) is 6.92 Å². The number of hydrogen-bond donors (Lipinski definition) is 0. The SMILES string of the molecule is C=CCOC(=O)COc1ccc2c(c1C)O/C(=C\c1ccc(C(C)C)cc1)C2=O. The highest BCUT2D eigenvalue weighted by molar-refractivity contribution is 6.15. The quantitative estimate of drug-likeness (QED) is 0.383. The number of ketones is 1. The summed E-state index contributed by atoms with van der Waals surface area (Å²) in [5, 5.41) is 0. The number of esters is 1. The molecule has 3 rings (SSSR count). The molecule has 0 saturated carbocycles. The highest BCUT2D eigenvalue weighted by Gasteiger charge is 2.30. The fraction of sp³-hybridized carbons (Fsp3) is 0.250. The number of carbonyl (C=O) groups excluding carboxylic acids is 2. The van der Waals surface area contributed by atoms with Crippen LogP contribution in [0.2, 0.25) is 0 Å². The molecule has 0 aromatic heterocycles. The molecule has 0 radical (unpaired) electrons. The lowest BCUT2D eigenvalue weighted by Crippen LogP contribution is -2.15. The van der Waals surface area contributed by atoms with E-state index in [1.54, 1.807) is 25.1 Å². The van der Waals surface area contributed by atoms with Crippen molar-refractivity contribution >= 4 is 17.8 Å². The van der Waals surface area contributed by atoms with E-state index in [4.69, 9.17) is 14.2 Å². The lowest BCUT2D eigenvalue weighted by molar-refractivity contribution is -0.144. The Morgan fingerprint density at radius 2 is 1.90 bits per heavy atom. The zero-order chi connectivity index (χ0) is 21.0. The summed E-state index contributed by atoms with van der Waals surface area (Å²) < 4.78 is 16.3. The molecule has 0 aliphatic carbocycles. The van der Waals surface area contributed by atoms with E-state index in [1.807, 2.05) is 24.3 Å². The molecule has 29 heavy (non-hydrogen) atoms. The van der Waals surface area contributed by atoms with E-state index in [0.29, 0.717) is 28.5 Å². The molecule has 0 atom stereocenters. The standard InChI is InChI=1S/C24H24O5/c1-5-12-27-22(25)14-28-20-11-10-19-23(26)21(29-24(19)16(20)4)13-17-6-8-18(9-7-17)15(2)3/h5-11,13,15H,1,12,14H2,2-4H3/b21-13-. The van der Waals surface area contributed by atoms with Gasteiger partial charge in [-0.2, -0.15) is 0 Å². The molecule has 0 amide bonds. The molecule has 0 bridgehead atoms. The Hall–Kier alpha value is -3.34. The number of hydrogen-bond acceptors (Lipinski definition) is 5. The summed E-state index contributed by atoms with van der Waals surface area (Å²) in [4.78, 5) is 24.3. The van der Waals surface area contributed by atoms with E-state index in [1.165, 1.54) is 11.6 Å². The summed E-state index contributed by atoms with van der Waals surface area (Å²) in [5.74, 6) is 0.968. The van der Waals surface area contributed by atoms with Crippen LogP contribution >= 0.6 is 0 Å². The summed E-state index contributed by atoms with van der Waals surface area (Å²) in [7, 11) is 0. The molecule has 5 nitrogen and oxygen atoms in total. The maximum absolute atomic E-state index is 12.7. The second-order valence-corrected chi connectivity index (χ2v) is 7.09. The van der Waals surface area contributed by atoms with Gasteiger partial charge in [0.2, 0.25) is 5.78 Å². The zero-order valence-electron chi connectivity index (χ0n) is 16.9. The Kier molecular flexibility index (Phi) is 6.17. The van der Waals surface area contributed by atoms with Crippen molar-refractivity contribution < 1.29 is 23.8 Å². The third-order valence-electron chi connectivity index (χ3n) is 4.65. The molecule has 2 aromatic carbocycles. The van der Waals surface area contributed by atoms with E-state index >= 15 is 0 Å². The number of carbonyl (C=O) groups is 2. The molecule has 2 aromatic rings. The van der Waals surface area contributed by atoms with Crippen LogP contribution in [0.25, 0.3) is 6.08 Å². The van der Waals surface area contributed by atoms with Gasteiger partial charge in [-0.05, 0) is 42.2 Å². The Morgan fingerprint density at radius 1 is 1.17 bits per heavy atom. The maximum atomic E-state index is 12.7. The van der Waals surface area contributed by atoms with E-state index < -0.39 is 5.97 Å². The van der Waals surface area contributed by atoms with Gasteiger partial charge in [-0.15, -0.1) is 0 Å². The number of allylic oxidation sites excluding steroid dienone is 1. The fourth-order valence-corrected chi connectivity index (χ4v) is 2.98. The third kappa shape index (κ3) is 4.57. The highest BCUT2D eigenvalue weighted by atomic mass is 16.6. The van der Waals surface area contributed by atoms with Crippen molar-refractivity contribution in [2.45, 2.75) is 26.7 Å². The molecule has 1 aliphatic rings. The zero-order valence-corrected chi connectivity index (χ0v) is 16.9. The van der Waals surface area contributed by atoms with Crippen molar-refractivity contribution in [3.05, 3.63) is 77.1 Å². The van der Waals surface area contributed by atoms with E-state index in [-0.39, 0.29) is 24.8 Å². The highest BCUT2D eigenvalue weighted by Crippen LogP contribution is 2.39. The Bertz CT molecular complexity index is 968. The largest absolute Gasteiger partial charge is 0.481 e. The van der Waals surface area contributed by atoms with Crippen molar-refractivity contribution in [3.63, 3.8) is 0 Å². The van der Waals surface area contributed by atoms with Crippen molar-refractivity contribution in [1.82, 2.24) is 0 Å². The van der Waals surface area contributed by atoms with Gasteiger partial charge in [0.15, 0.2) is 12.4 Å². The molecule has 5 heteroatoms. The lowest BCUT2D eigenvalue weighted by Gasteiger charge is -2.11. The Labute approximate surface area is 170 Å². The molecule has 0 saturated heterocycles. The van der Waals surface area contributed by atoms with Crippen LogP contribution in [-0.4, -0.2) is 25.0 Å². The summed E-state index contributed by atoms with van der Waals surface area (Å²) in [6.07, 6.45) is 3.22. The van der Waals surface area contributed by atoms with Crippen molar-refractivity contribution in [1.29, 1.82) is 0 Å². The van der Waals surface area contributed by atoms with Crippen LogP contribution < -0.4 is 9.47 Å². The number of rotatable bonds is 7. The molecule has 0 N–H and O–H groups in total. The molecular formula is C24H24O5. The smallest absolute Gasteiger partial charge is 0.344 e. The van der Waals surface area contributed by atoms with Crippen LogP contribution in [-0.2, 0) is 9.53 Å². The molecule has 0 spiro atoms. The van der Waals surface area contributed by atoms with Gasteiger partial charge in [-0.3, -0.25) is 4.79 Å². The molecule has 0 unspecified atom stereocenters. The number of Topliss-reactive ketones (excluding diaryl/α,β-unsaturated/α-hetero) is 1. The minimum Gasteiger partial charge on any atom is -0.481 e. The van der Waals surface area contributed by atoms with Crippen LogP contribution in [0.3, 0.4) is 0 Å². The van der Waals surface area contributed by atoms with Gasteiger partial charge in [0, 0.05) is 5.56 Å². The minimum absolute atomic E-state index is 0.134. The van der Waals surface area contributed by atoms with Crippen LogP contribution in [0.15, 0.2) is 54.8 Å². The van der Waals surface area contributed by atoms with Gasteiger partial charge in [0.1, 0.15) is 18.1 Å². The first kappa shape index (κ1) is 20.4. The topological polar surface area (TPSA) is 61.8 Å². The molecule has 1 heterocycles. The Morgan fingerprint density at radius 3 is 2.55 bits per heavy atom. The maximum Gasteiger partial charge on any atom is 0.344 e. The van der Waals surface area contributed by atoms with Gasteiger partial charge in [-0.1, -0.05) is 50.8 Å². The predicted molar refractivity (Wildman–Crippen MR) is 111 cm³/mol. The second-order valence-electron chi connectivity index (χ2n) is 7.09. The van der Waals surface area contributed by atoms with Crippen molar-refractivity contribution in [2.24, 2.45) is 0 Å². The first-order valence-electron chi connectivity index (χ1n) is 9.47. The van der Waals surface area contributed by atoms with E-state index in [9.17, 15) is 9.59 Å². The average Bonchev–Trinajstić information content (AvgIpc) is 3.02. The number of benzene rings is 2. The molecule has 1 aliphatic heterocycles. The van der Waals surface area contributed by atoms with Crippen LogP contribution in [0.5, 0.6) is 11.5 Å². The minimum atomic E-state index is -0.493. The molecular weight excluding hydrogens is 368 g/mol. The summed E-state index contributed by atoms with van der Waals surface area (Å²) in [6.45, 7) is 9.45. The molecule has 0 fully saturated rings. The second kappa shape index (κ2) is 8.78. The Balaban J connectivity index is 1.77. The van der Waals surface area contributed by atoms with Gasteiger partial charge < -0.3 is 14.2 Å². The number of fused-ring (bicyclic) bond motifs is 1. The van der Waals surface area contributed by atoms with Crippen molar-refractivity contribution in [3.8, 4) is 11.5 Å². The normalized spacial score (nSPS) is 13.9. The fourth-order valence-electron chi connectivity index (χ4n) is 2.98. The van der Waals surface area contributed by atoms with E-state index in [2.05, 4.69) is 20.4 Å². The summed E-state index contributed by atoms with van der Waals surface area (Å²) in [5.41, 5.74) is 3.27. The van der Waals surface area contributed by atoms with Crippen molar-refractivity contribution in [2.75, 3.05) is 13.2 Å². The van der Waals surface area contributed by atoms with Gasteiger partial charge in [-0.25, -0.2) is 4.79 Å².